The number of hydrogen-bond donors (Lipinski definition) is 0. The van der Waals surface area contributed by atoms with Gasteiger partial charge in [-0.3, -0.25) is 0 Å². The molecule has 3 aromatic carbocycles. The summed E-state index contributed by atoms with van der Waals surface area (Å²) in [7, 11) is 0. The normalized spacial score (nSPS) is 12.1. The molecule has 0 bridgehead atoms. The van der Waals surface area contributed by atoms with Gasteiger partial charge in [0, 0.05) is 12.1 Å². The molecule has 0 saturated carbocycles. The van der Waals surface area contributed by atoms with E-state index in [1.807, 2.05) is 48.8 Å². The van der Waals surface area contributed by atoms with Crippen LogP contribution in [-0.2, 0) is 0 Å². The van der Waals surface area contributed by atoms with Gasteiger partial charge in [0.05, 0.1) is 12.4 Å². The lowest BCUT2D eigenvalue weighted by atomic mass is 9.91. The van der Waals surface area contributed by atoms with Crippen LogP contribution in [0.25, 0.3) is 22.3 Å². The van der Waals surface area contributed by atoms with Gasteiger partial charge in [0.25, 0.3) is 0 Å². The first kappa shape index (κ1) is 27.9. The van der Waals surface area contributed by atoms with Gasteiger partial charge in [-0.1, -0.05) is 24.3 Å². The summed E-state index contributed by atoms with van der Waals surface area (Å²) in [5.74, 6) is 1.84. The van der Waals surface area contributed by atoms with Gasteiger partial charge in [-0.25, -0.2) is 9.15 Å². The van der Waals surface area contributed by atoms with E-state index in [0.29, 0.717) is 0 Å². The smallest absolute Gasteiger partial charge is 0.200 e. The van der Waals surface area contributed by atoms with Crippen LogP contribution in [0.2, 0.25) is 0 Å². The molecule has 0 amide bonds. The molecular formula is C37H38N4+2. The van der Waals surface area contributed by atoms with Gasteiger partial charge in [0.2, 0.25) is 0 Å². The molecule has 2 heterocycles. The molecule has 0 aliphatic carbocycles. The molecule has 0 unspecified atom stereocenters. The summed E-state index contributed by atoms with van der Waals surface area (Å²) < 4.78 is 4.34. The van der Waals surface area contributed by atoms with E-state index in [0.717, 1.165) is 11.6 Å². The quantitative estimate of drug-likeness (QED) is 0.159. The molecule has 4 nitrogen and oxygen atoms in total. The predicted molar refractivity (Wildman–Crippen MR) is 176 cm³/mol. The largest absolute Gasteiger partial charge is 0.327 e. The second-order valence-corrected chi connectivity index (χ2v) is 10.6. The van der Waals surface area contributed by atoms with Crippen LogP contribution in [0.15, 0.2) is 91.3 Å². The zero-order valence-electron chi connectivity index (χ0n) is 25.1. The summed E-state index contributed by atoms with van der Waals surface area (Å²) in [4.78, 5) is 9.17. The number of nitrogens with zero attached hydrogens (tertiary/aromatic N) is 4. The Balaban J connectivity index is 1.55. The molecular weight excluding hydrogens is 500 g/mol. The molecule has 5 rings (SSSR count). The molecule has 0 fully saturated rings. The van der Waals surface area contributed by atoms with Crippen molar-refractivity contribution in [3.8, 4) is 22.3 Å². The molecule has 41 heavy (non-hydrogen) atoms. The van der Waals surface area contributed by atoms with E-state index in [-0.39, 0.29) is 0 Å². The lowest BCUT2D eigenvalue weighted by molar-refractivity contribution is 1.00. The second kappa shape index (κ2) is 11.8. The van der Waals surface area contributed by atoms with E-state index >= 15 is 0 Å². The fourth-order valence-corrected chi connectivity index (χ4v) is 5.85. The highest BCUT2D eigenvalue weighted by Gasteiger charge is 2.20. The number of pyridine rings is 2. The van der Waals surface area contributed by atoms with Crippen LogP contribution in [0.5, 0.6) is 0 Å². The van der Waals surface area contributed by atoms with Crippen LogP contribution < -0.4 is 9.15 Å². The van der Waals surface area contributed by atoms with Crippen LogP contribution in [0, 0.1) is 34.6 Å². The van der Waals surface area contributed by atoms with Crippen molar-refractivity contribution in [1.82, 2.24) is 19.1 Å². The van der Waals surface area contributed by atoms with E-state index < -0.39 is 0 Å². The Hall–Kier alpha value is -4.70. The van der Waals surface area contributed by atoms with E-state index in [9.17, 15) is 0 Å². The summed E-state index contributed by atoms with van der Waals surface area (Å²) in [6, 6.07) is 28.0. The lowest BCUT2D eigenvalue weighted by Gasteiger charge is -2.16. The topological polar surface area (TPSA) is 31.8 Å². The van der Waals surface area contributed by atoms with Crippen molar-refractivity contribution in [3.63, 3.8) is 0 Å². The lowest BCUT2D eigenvalue weighted by Crippen LogP contribution is -2.09. The van der Waals surface area contributed by atoms with E-state index in [1.54, 1.807) is 0 Å². The number of aryl methyl sites for hydroxylation is 5. The fraction of sp³-hybridized carbons (Fsp3) is 0.189. The standard InChI is InChI=1S/C37H38N4/c1-8-40(34-14-10-12-18-38-34)36-26(4)20-31(21-27(36)5)30-17-16-25(3)33(24-30)32-22-28(6)37(29(7)23-32)41(9-2)35-15-11-13-19-39-35/h8-24H,1-7H3/q+2. The average molecular weight is 539 g/mol. The van der Waals surface area contributed by atoms with Gasteiger partial charge < -0.3 is 0 Å². The first-order valence-corrected chi connectivity index (χ1v) is 14.2. The molecule has 0 aliphatic heterocycles. The first-order valence-electron chi connectivity index (χ1n) is 14.2. The van der Waals surface area contributed by atoms with Crippen molar-refractivity contribution in [2.24, 2.45) is 0 Å². The summed E-state index contributed by atoms with van der Waals surface area (Å²) >= 11 is 0. The molecule has 0 saturated heterocycles. The number of benzene rings is 3. The maximum absolute atomic E-state index is 4.59. The van der Waals surface area contributed by atoms with Gasteiger partial charge in [0.15, 0.2) is 0 Å². The maximum Gasteiger partial charge on any atom is 0.327 e. The molecule has 0 N–H and O–H groups in total. The molecule has 5 aromatic rings. The Morgan fingerprint density at radius 2 is 0.951 bits per heavy atom. The maximum atomic E-state index is 4.59. The monoisotopic (exact) mass is 538 g/mol. The van der Waals surface area contributed by atoms with Gasteiger partial charge in [0.1, 0.15) is 23.8 Å². The molecule has 0 aliphatic rings. The van der Waals surface area contributed by atoms with Crippen LogP contribution >= 0.6 is 0 Å². The Morgan fingerprint density at radius 1 is 0.488 bits per heavy atom. The Bertz CT molecular complexity index is 1740. The van der Waals surface area contributed by atoms with E-state index in [2.05, 4.69) is 122 Å². The van der Waals surface area contributed by atoms with Crippen LogP contribution in [-0.4, -0.2) is 22.4 Å². The van der Waals surface area contributed by atoms with Crippen molar-refractivity contribution in [1.29, 1.82) is 0 Å². The van der Waals surface area contributed by atoms with Gasteiger partial charge >= 0.3 is 11.6 Å². The Morgan fingerprint density at radius 3 is 1.37 bits per heavy atom. The van der Waals surface area contributed by atoms with Crippen LogP contribution in [0.3, 0.4) is 0 Å². The van der Waals surface area contributed by atoms with Gasteiger partial charge in [-0.05, 0) is 151 Å². The Labute approximate surface area is 244 Å². The summed E-state index contributed by atoms with van der Waals surface area (Å²) in [5.41, 5.74) is 13.4. The number of hydrogen-bond acceptors (Lipinski definition) is 2. The minimum absolute atomic E-state index is 0.919. The molecule has 204 valence electrons. The highest BCUT2D eigenvalue weighted by molar-refractivity contribution is 5.81. The van der Waals surface area contributed by atoms with Crippen molar-refractivity contribution in [2.75, 3.05) is 0 Å². The van der Waals surface area contributed by atoms with Crippen molar-refractivity contribution < 1.29 is 0 Å². The van der Waals surface area contributed by atoms with Crippen molar-refractivity contribution in [3.05, 3.63) is 119 Å². The highest BCUT2D eigenvalue weighted by Crippen LogP contribution is 2.37. The minimum Gasteiger partial charge on any atom is -0.200 e. The third-order valence-corrected chi connectivity index (χ3v) is 7.65. The SMILES string of the molecule is CC=[N+](c1ccccn1)c1c(C)cc(-c2ccc(C)c(-c3cc(C)c([N+](=CC)c4ccccn4)c(C)c3)c2)cc1C. The summed E-state index contributed by atoms with van der Waals surface area (Å²) in [5, 5.41) is 0. The van der Waals surface area contributed by atoms with Crippen molar-refractivity contribution >= 4 is 35.4 Å². The fourth-order valence-electron chi connectivity index (χ4n) is 5.85. The zero-order valence-corrected chi connectivity index (χ0v) is 25.1. The minimum atomic E-state index is 0.919. The third-order valence-electron chi connectivity index (χ3n) is 7.65. The van der Waals surface area contributed by atoms with E-state index in [4.69, 9.17) is 0 Å². The predicted octanol–water partition coefficient (Wildman–Crippen LogP) is 9.20. The van der Waals surface area contributed by atoms with Gasteiger partial charge in [-0.2, -0.15) is 0 Å². The van der Waals surface area contributed by atoms with Crippen molar-refractivity contribution in [2.45, 2.75) is 48.5 Å². The van der Waals surface area contributed by atoms with Gasteiger partial charge in [-0.15, -0.1) is 0 Å². The Kier molecular flexibility index (Phi) is 8.02. The molecule has 0 radical (unpaired) electrons. The second-order valence-electron chi connectivity index (χ2n) is 10.6. The van der Waals surface area contributed by atoms with Crippen LogP contribution in [0.4, 0.5) is 23.0 Å². The number of rotatable bonds is 6. The zero-order chi connectivity index (χ0) is 29.1. The molecule has 0 spiro atoms. The summed E-state index contributed by atoms with van der Waals surface area (Å²) in [6.07, 6.45) is 7.85. The molecule has 2 aromatic heterocycles. The summed E-state index contributed by atoms with van der Waals surface area (Å²) in [6.45, 7) is 15.0. The highest BCUT2D eigenvalue weighted by atomic mass is 15.1. The molecule has 4 heteroatoms. The number of aromatic nitrogens is 2. The third kappa shape index (κ3) is 5.51. The first-order chi connectivity index (χ1) is 19.8. The average Bonchev–Trinajstić information content (AvgIpc) is 2.97. The molecule has 0 atom stereocenters. The van der Waals surface area contributed by atoms with E-state index in [1.165, 1.54) is 61.4 Å². The van der Waals surface area contributed by atoms with Crippen LogP contribution in [0.1, 0.15) is 41.7 Å².